The molecule has 0 aromatic rings. The van der Waals surface area contributed by atoms with E-state index in [2.05, 4.69) is 5.32 Å². The second-order valence-corrected chi connectivity index (χ2v) is 7.70. The summed E-state index contributed by atoms with van der Waals surface area (Å²) in [5.74, 6) is 1.21. The highest BCUT2D eigenvalue weighted by Crippen LogP contribution is 2.37. The highest BCUT2D eigenvalue weighted by Gasteiger charge is 2.34. The van der Waals surface area contributed by atoms with Crippen molar-refractivity contribution in [3.05, 3.63) is 34.7 Å². The van der Waals surface area contributed by atoms with Crippen LogP contribution in [0.4, 0.5) is 4.39 Å². The zero-order valence-electron chi connectivity index (χ0n) is 13.0. The van der Waals surface area contributed by atoms with E-state index in [1.807, 2.05) is 24.8 Å². The van der Waals surface area contributed by atoms with E-state index in [4.69, 9.17) is 5.73 Å². The first-order valence-corrected chi connectivity index (χ1v) is 9.17. The lowest BCUT2D eigenvalue weighted by molar-refractivity contribution is 0.109. The van der Waals surface area contributed by atoms with Gasteiger partial charge in [-0.25, -0.2) is 4.39 Å². The molecule has 2 aliphatic carbocycles. The molecule has 0 radical (unpaired) electrons. The van der Waals surface area contributed by atoms with E-state index < -0.39 is 6.23 Å². The van der Waals surface area contributed by atoms with Crippen LogP contribution in [0.2, 0.25) is 0 Å². The van der Waals surface area contributed by atoms with E-state index in [1.165, 1.54) is 24.0 Å². The molecule has 3 rings (SSSR count). The van der Waals surface area contributed by atoms with Crippen LogP contribution in [0, 0.1) is 5.92 Å². The van der Waals surface area contributed by atoms with Crippen LogP contribution in [-0.2, 0) is 0 Å². The van der Waals surface area contributed by atoms with Gasteiger partial charge in [0.05, 0.1) is 11.4 Å². The van der Waals surface area contributed by atoms with Crippen molar-refractivity contribution in [1.82, 2.24) is 5.32 Å². The van der Waals surface area contributed by atoms with Gasteiger partial charge in [-0.1, -0.05) is 6.08 Å². The Morgan fingerprint density at radius 1 is 1.36 bits per heavy atom. The Balaban J connectivity index is 1.65. The van der Waals surface area contributed by atoms with E-state index in [0.717, 1.165) is 30.6 Å². The lowest BCUT2D eigenvalue weighted by atomic mass is 9.84. The van der Waals surface area contributed by atoms with Gasteiger partial charge in [-0.15, -0.1) is 11.8 Å². The van der Waals surface area contributed by atoms with Crippen molar-refractivity contribution >= 4 is 11.8 Å². The minimum atomic E-state index is -0.657. The first kappa shape index (κ1) is 16.2. The zero-order valence-corrected chi connectivity index (χ0v) is 13.8. The summed E-state index contributed by atoms with van der Waals surface area (Å²) in [7, 11) is 0. The Kier molecular flexibility index (Phi) is 5.07. The first-order valence-electron chi connectivity index (χ1n) is 8.13. The third kappa shape index (κ3) is 3.32. The van der Waals surface area contributed by atoms with Gasteiger partial charge in [0.2, 0.25) is 0 Å². The molecule has 0 saturated carbocycles. The molecule has 0 fully saturated rings. The summed E-state index contributed by atoms with van der Waals surface area (Å²) in [6.45, 7) is 1.86. The molecule has 3 nitrogen and oxygen atoms in total. The molecule has 3 unspecified atom stereocenters. The maximum atomic E-state index is 13.4. The molecule has 0 bridgehead atoms. The number of aliphatic hydroxyl groups excluding tert-OH is 1. The molecule has 0 saturated heterocycles. The number of allylic oxidation sites excluding steroid dienone is 4. The minimum absolute atomic E-state index is 0.0873. The summed E-state index contributed by atoms with van der Waals surface area (Å²) in [6, 6.07) is -0.263. The number of nitrogens with two attached hydrogens (primary N) is 1. The largest absolute Gasteiger partial charge is 0.377 e. The van der Waals surface area contributed by atoms with Gasteiger partial charge >= 0.3 is 0 Å². The predicted molar refractivity (Wildman–Crippen MR) is 89.9 cm³/mol. The van der Waals surface area contributed by atoms with E-state index in [-0.39, 0.29) is 17.2 Å². The Morgan fingerprint density at radius 3 is 2.82 bits per heavy atom. The van der Waals surface area contributed by atoms with Gasteiger partial charge in [0.25, 0.3) is 0 Å². The molecular formula is C17H25FN2OS. The molecule has 0 aromatic carbocycles. The number of thioether (sulfide) groups is 1. The van der Waals surface area contributed by atoms with E-state index >= 15 is 0 Å². The summed E-state index contributed by atoms with van der Waals surface area (Å²) in [4.78, 5) is 0. The van der Waals surface area contributed by atoms with Crippen LogP contribution < -0.4 is 11.1 Å². The predicted octanol–water partition coefficient (Wildman–Crippen LogP) is 2.98. The van der Waals surface area contributed by atoms with Crippen LogP contribution in [0.1, 0.15) is 39.0 Å². The van der Waals surface area contributed by atoms with Gasteiger partial charge in [-0.3, -0.25) is 5.32 Å². The molecule has 5 heteroatoms. The number of hydrogen-bond donors (Lipinski definition) is 3. The van der Waals surface area contributed by atoms with Crippen molar-refractivity contribution in [2.45, 2.75) is 56.7 Å². The van der Waals surface area contributed by atoms with Gasteiger partial charge in [-0.2, -0.15) is 0 Å². The fraction of sp³-hybridized carbons (Fsp3) is 0.647. The number of nitrogens with one attached hydrogen (secondary N) is 1. The summed E-state index contributed by atoms with van der Waals surface area (Å²) in [5, 5.41) is 13.5. The van der Waals surface area contributed by atoms with Gasteiger partial charge in [0.1, 0.15) is 12.1 Å². The second kappa shape index (κ2) is 6.87. The van der Waals surface area contributed by atoms with Crippen molar-refractivity contribution in [3.8, 4) is 0 Å². The SMILES string of the molecule is CC1=C(F)C=CC(CSC2NC(O)[C@H](N)C3=C2CCCC3)C1. The Hall–Kier alpha value is -0.620. The molecule has 1 aliphatic heterocycles. The van der Waals surface area contributed by atoms with Crippen LogP contribution in [0.15, 0.2) is 34.7 Å². The lowest BCUT2D eigenvalue weighted by Crippen LogP contribution is -2.55. The van der Waals surface area contributed by atoms with Crippen LogP contribution in [0.5, 0.6) is 0 Å². The molecule has 1 heterocycles. The third-order valence-electron chi connectivity index (χ3n) is 4.90. The number of aliphatic hydroxyl groups is 1. The molecule has 0 amide bonds. The average Bonchev–Trinajstić information content (AvgIpc) is 2.53. The fourth-order valence-electron chi connectivity index (χ4n) is 3.59. The highest BCUT2D eigenvalue weighted by atomic mass is 32.2. The zero-order chi connectivity index (χ0) is 15.7. The van der Waals surface area contributed by atoms with E-state index in [1.54, 1.807) is 6.08 Å². The van der Waals surface area contributed by atoms with Crippen LogP contribution >= 0.6 is 11.8 Å². The third-order valence-corrected chi connectivity index (χ3v) is 6.28. The minimum Gasteiger partial charge on any atom is -0.377 e. The summed E-state index contributed by atoms with van der Waals surface area (Å²) >= 11 is 1.82. The maximum absolute atomic E-state index is 13.4. The number of rotatable bonds is 3. The van der Waals surface area contributed by atoms with Gasteiger partial charge in [0, 0.05) is 5.75 Å². The second-order valence-electron chi connectivity index (χ2n) is 6.56. The molecule has 4 N–H and O–H groups in total. The van der Waals surface area contributed by atoms with Gasteiger partial charge < -0.3 is 10.8 Å². The van der Waals surface area contributed by atoms with Crippen LogP contribution in [0.3, 0.4) is 0 Å². The smallest absolute Gasteiger partial charge is 0.125 e. The quantitative estimate of drug-likeness (QED) is 0.699. The molecule has 122 valence electrons. The first-order chi connectivity index (χ1) is 10.6. The topological polar surface area (TPSA) is 58.3 Å². The van der Waals surface area contributed by atoms with Crippen molar-refractivity contribution in [2.24, 2.45) is 11.7 Å². The molecular weight excluding hydrogens is 299 g/mol. The summed E-state index contributed by atoms with van der Waals surface area (Å²) in [6.07, 6.45) is 8.16. The molecule has 0 aromatic heterocycles. The Bertz CT molecular complexity index is 529. The molecule has 0 spiro atoms. The molecule has 3 aliphatic rings. The lowest BCUT2D eigenvalue weighted by Gasteiger charge is -2.39. The van der Waals surface area contributed by atoms with Crippen molar-refractivity contribution in [2.75, 3.05) is 5.75 Å². The number of hydrogen-bond acceptors (Lipinski definition) is 4. The summed E-state index contributed by atoms with van der Waals surface area (Å²) in [5.41, 5.74) is 9.62. The van der Waals surface area contributed by atoms with Gasteiger partial charge in [0.15, 0.2) is 0 Å². The number of halogens is 1. The molecule has 4 atom stereocenters. The van der Waals surface area contributed by atoms with Crippen molar-refractivity contribution in [3.63, 3.8) is 0 Å². The van der Waals surface area contributed by atoms with E-state index in [9.17, 15) is 9.50 Å². The van der Waals surface area contributed by atoms with Gasteiger partial charge in [-0.05, 0) is 67.7 Å². The Morgan fingerprint density at radius 2 is 2.09 bits per heavy atom. The molecule has 22 heavy (non-hydrogen) atoms. The van der Waals surface area contributed by atoms with Crippen LogP contribution in [-0.4, -0.2) is 28.5 Å². The monoisotopic (exact) mass is 324 g/mol. The Labute approximate surface area is 135 Å². The van der Waals surface area contributed by atoms with Crippen molar-refractivity contribution < 1.29 is 9.50 Å². The normalized spacial score (nSPS) is 35.8. The highest BCUT2D eigenvalue weighted by molar-refractivity contribution is 8.00. The summed E-state index contributed by atoms with van der Waals surface area (Å²) < 4.78 is 13.4. The van der Waals surface area contributed by atoms with Crippen molar-refractivity contribution in [1.29, 1.82) is 0 Å². The maximum Gasteiger partial charge on any atom is 0.125 e. The fourth-order valence-corrected chi connectivity index (χ4v) is 4.96. The standard InChI is InChI=1S/C17H25FN2OS/c1-10-8-11(6-7-14(10)18)9-22-17-13-5-3-2-4-12(13)15(19)16(21)20-17/h6-7,11,15-17,20-21H,2-5,8-9,19H2,1H3/t11?,15-,16?,17?/m1/s1. The van der Waals surface area contributed by atoms with Crippen LogP contribution in [0.25, 0.3) is 0 Å². The average molecular weight is 324 g/mol. The van der Waals surface area contributed by atoms with E-state index in [0.29, 0.717) is 5.92 Å².